The fourth-order valence-electron chi connectivity index (χ4n) is 1.15. The van der Waals surface area contributed by atoms with Gasteiger partial charge in [0.1, 0.15) is 11.6 Å². The first-order valence-corrected chi connectivity index (χ1v) is 4.80. The Kier molecular flexibility index (Phi) is 3.23. The van der Waals surface area contributed by atoms with Crippen molar-refractivity contribution >= 4 is 12.0 Å². The van der Waals surface area contributed by atoms with E-state index in [-0.39, 0.29) is 5.82 Å². The maximum atomic E-state index is 12.6. The molecule has 3 nitrogen and oxygen atoms in total. The third kappa shape index (κ3) is 2.88. The van der Waals surface area contributed by atoms with E-state index < -0.39 is 0 Å². The van der Waals surface area contributed by atoms with Crippen molar-refractivity contribution < 1.29 is 4.39 Å². The molecule has 0 aliphatic heterocycles. The Bertz CT molecular complexity index is 465. The Morgan fingerprint density at radius 2 is 1.94 bits per heavy atom. The van der Waals surface area contributed by atoms with E-state index in [1.54, 1.807) is 24.5 Å². The second kappa shape index (κ2) is 5.02. The molecule has 2 rings (SSSR count). The number of anilines is 1. The molecule has 0 radical (unpaired) electrons. The van der Waals surface area contributed by atoms with Gasteiger partial charge in [0.2, 0.25) is 0 Å². The Morgan fingerprint density at radius 3 is 2.62 bits per heavy atom. The lowest BCUT2D eigenvalue weighted by Crippen LogP contribution is -1.92. The van der Waals surface area contributed by atoms with E-state index in [9.17, 15) is 4.39 Å². The van der Waals surface area contributed by atoms with Crippen molar-refractivity contribution in [2.45, 2.75) is 0 Å². The predicted molar refractivity (Wildman–Crippen MR) is 61.9 cm³/mol. The highest BCUT2D eigenvalue weighted by molar-refractivity contribution is 5.79. The second-order valence-electron chi connectivity index (χ2n) is 3.14. The molecule has 0 amide bonds. The van der Waals surface area contributed by atoms with Crippen LogP contribution in [-0.4, -0.2) is 11.2 Å². The summed E-state index contributed by atoms with van der Waals surface area (Å²) in [5.74, 6) is 0.413. The maximum absolute atomic E-state index is 12.6. The summed E-state index contributed by atoms with van der Waals surface area (Å²) in [7, 11) is 0. The second-order valence-corrected chi connectivity index (χ2v) is 3.14. The van der Waals surface area contributed by atoms with Crippen molar-refractivity contribution in [3.05, 3.63) is 60.0 Å². The van der Waals surface area contributed by atoms with Gasteiger partial charge in [0.15, 0.2) is 0 Å². The number of nitrogens with zero attached hydrogens (tertiary/aromatic N) is 2. The van der Waals surface area contributed by atoms with Crippen molar-refractivity contribution in [1.29, 1.82) is 0 Å². The van der Waals surface area contributed by atoms with Gasteiger partial charge in [-0.3, -0.25) is 5.43 Å². The molecule has 1 aromatic carbocycles. The third-order valence-corrected chi connectivity index (χ3v) is 1.93. The molecule has 0 fully saturated rings. The summed E-state index contributed by atoms with van der Waals surface area (Å²) in [6.07, 6.45) is 3.28. The highest BCUT2D eigenvalue weighted by atomic mass is 19.1. The highest BCUT2D eigenvalue weighted by Gasteiger charge is 1.90. The van der Waals surface area contributed by atoms with Crippen molar-refractivity contribution in [3.63, 3.8) is 0 Å². The van der Waals surface area contributed by atoms with Gasteiger partial charge in [0.25, 0.3) is 0 Å². The van der Waals surface area contributed by atoms with Gasteiger partial charge in [-0.05, 0) is 29.8 Å². The van der Waals surface area contributed by atoms with Crippen LogP contribution in [0, 0.1) is 5.82 Å². The molecule has 0 aliphatic carbocycles. The van der Waals surface area contributed by atoms with Gasteiger partial charge in [0, 0.05) is 6.20 Å². The van der Waals surface area contributed by atoms with E-state index in [0.717, 1.165) is 5.56 Å². The molecule has 1 heterocycles. The molecule has 16 heavy (non-hydrogen) atoms. The summed E-state index contributed by atoms with van der Waals surface area (Å²) in [6.45, 7) is 0. The number of aromatic nitrogens is 1. The van der Waals surface area contributed by atoms with Crippen molar-refractivity contribution in [2.75, 3.05) is 5.43 Å². The van der Waals surface area contributed by atoms with E-state index >= 15 is 0 Å². The van der Waals surface area contributed by atoms with E-state index in [2.05, 4.69) is 15.5 Å². The zero-order valence-electron chi connectivity index (χ0n) is 8.47. The van der Waals surface area contributed by atoms with E-state index in [0.29, 0.717) is 5.82 Å². The van der Waals surface area contributed by atoms with Crippen LogP contribution in [0.25, 0.3) is 0 Å². The van der Waals surface area contributed by atoms with E-state index in [4.69, 9.17) is 0 Å². The van der Waals surface area contributed by atoms with Crippen LogP contribution in [0.3, 0.4) is 0 Å². The number of benzene rings is 1. The molecule has 0 aliphatic rings. The Balaban J connectivity index is 1.98. The van der Waals surface area contributed by atoms with E-state index in [1.165, 1.54) is 12.1 Å². The molecule has 1 N–H and O–H groups in total. The van der Waals surface area contributed by atoms with Gasteiger partial charge < -0.3 is 0 Å². The van der Waals surface area contributed by atoms with Gasteiger partial charge in [-0.1, -0.05) is 18.2 Å². The van der Waals surface area contributed by atoms with Gasteiger partial charge in [-0.25, -0.2) is 9.37 Å². The minimum absolute atomic E-state index is 0.255. The van der Waals surface area contributed by atoms with Crippen LogP contribution in [0.1, 0.15) is 5.56 Å². The largest absolute Gasteiger partial charge is 0.261 e. The zero-order valence-corrected chi connectivity index (χ0v) is 8.47. The lowest BCUT2D eigenvalue weighted by Gasteiger charge is -1.97. The Morgan fingerprint density at radius 1 is 1.12 bits per heavy atom. The monoisotopic (exact) mass is 215 g/mol. The summed E-state index contributed by atoms with van der Waals surface area (Å²) in [6, 6.07) is 11.6. The van der Waals surface area contributed by atoms with Crippen LogP contribution in [0.15, 0.2) is 53.8 Å². The van der Waals surface area contributed by atoms with Gasteiger partial charge in [-0.2, -0.15) is 5.10 Å². The fourth-order valence-corrected chi connectivity index (χ4v) is 1.15. The summed E-state index contributed by atoms with van der Waals surface area (Å²) >= 11 is 0. The number of pyridine rings is 1. The summed E-state index contributed by atoms with van der Waals surface area (Å²) < 4.78 is 12.6. The lowest BCUT2D eigenvalue weighted by molar-refractivity contribution is 0.628. The molecular formula is C12H10FN3. The molecular weight excluding hydrogens is 205 g/mol. The number of rotatable bonds is 3. The number of hydrogen-bond acceptors (Lipinski definition) is 3. The topological polar surface area (TPSA) is 37.3 Å². The molecule has 0 spiro atoms. The molecule has 2 aromatic rings. The number of nitrogens with one attached hydrogen (secondary N) is 1. The quantitative estimate of drug-likeness (QED) is 0.631. The Hall–Kier alpha value is -2.23. The predicted octanol–water partition coefficient (Wildman–Crippen LogP) is 2.67. The molecule has 4 heteroatoms. The molecule has 0 unspecified atom stereocenters. The maximum Gasteiger partial charge on any atom is 0.146 e. The van der Waals surface area contributed by atoms with Crippen LogP contribution >= 0.6 is 0 Å². The minimum atomic E-state index is -0.255. The zero-order chi connectivity index (χ0) is 11.2. The molecule has 0 bridgehead atoms. The highest BCUT2D eigenvalue weighted by Crippen LogP contribution is 2.01. The number of hydrogen-bond donors (Lipinski definition) is 1. The van der Waals surface area contributed by atoms with Crippen LogP contribution in [0.5, 0.6) is 0 Å². The normalized spacial score (nSPS) is 10.6. The first kappa shape index (κ1) is 10.3. The van der Waals surface area contributed by atoms with E-state index in [1.807, 2.05) is 18.2 Å². The van der Waals surface area contributed by atoms with Crippen molar-refractivity contribution in [3.8, 4) is 0 Å². The van der Waals surface area contributed by atoms with Gasteiger partial charge in [-0.15, -0.1) is 0 Å². The summed E-state index contributed by atoms with van der Waals surface area (Å²) in [4.78, 5) is 4.04. The van der Waals surface area contributed by atoms with Crippen LogP contribution in [0.2, 0.25) is 0 Å². The lowest BCUT2D eigenvalue weighted by atomic mass is 10.2. The van der Waals surface area contributed by atoms with Gasteiger partial charge >= 0.3 is 0 Å². The van der Waals surface area contributed by atoms with Crippen molar-refractivity contribution in [2.24, 2.45) is 5.10 Å². The molecule has 0 saturated heterocycles. The standard InChI is InChI=1S/C12H10FN3/c13-11-6-4-10(5-7-11)9-15-16-12-3-1-2-8-14-12/h1-9H,(H,14,16)/b15-9+. The molecule has 0 saturated carbocycles. The van der Waals surface area contributed by atoms with Gasteiger partial charge in [0.05, 0.1) is 6.21 Å². The number of halogens is 1. The Labute approximate surface area is 92.7 Å². The molecule has 1 aromatic heterocycles. The third-order valence-electron chi connectivity index (χ3n) is 1.93. The van der Waals surface area contributed by atoms with Crippen LogP contribution in [0.4, 0.5) is 10.2 Å². The average Bonchev–Trinajstić information content (AvgIpc) is 2.33. The SMILES string of the molecule is Fc1ccc(/C=N/Nc2ccccn2)cc1. The van der Waals surface area contributed by atoms with Crippen molar-refractivity contribution in [1.82, 2.24) is 4.98 Å². The molecule has 0 atom stereocenters. The fraction of sp³-hybridized carbons (Fsp3) is 0. The first-order chi connectivity index (χ1) is 7.84. The van der Waals surface area contributed by atoms with Crippen LogP contribution < -0.4 is 5.43 Å². The number of hydrazone groups is 1. The summed E-state index contributed by atoms with van der Waals surface area (Å²) in [5.41, 5.74) is 3.60. The average molecular weight is 215 g/mol. The smallest absolute Gasteiger partial charge is 0.146 e. The first-order valence-electron chi connectivity index (χ1n) is 4.80. The molecule has 80 valence electrons. The summed E-state index contributed by atoms with van der Waals surface area (Å²) in [5, 5.41) is 3.98. The van der Waals surface area contributed by atoms with Crippen LogP contribution in [-0.2, 0) is 0 Å². The minimum Gasteiger partial charge on any atom is -0.261 e.